The Balaban J connectivity index is 3.01. The van der Waals surface area contributed by atoms with Gasteiger partial charge in [0.15, 0.2) is 0 Å². The molecule has 0 aliphatic carbocycles. The predicted octanol–water partition coefficient (Wildman–Crippen LogP) is 6.38. The van der Waals surface area contributed by atoms with Gasteiger partial charge in [-0.25, -0.2) is 0 Å². The third kappa shape index (κ3) is 18.0. The molecule has 0 aliphatic rings. The number of hydrogen-bond acceptors (Lipinski definition) is 1. The summed E-state index contributed by atoms with van der Waals surface area (Å²) in [5.41, 5.74) is 0. The molecular formula is C17H32Cl2O2. The van der Waals surface area contributed by atoms with Gasteiger partial charge in [-0.05, 0) is 12.8 Å². The molecule has 0 amide bonds. The van der Waals surface area contributed by atoms with Crippen molar-refractivity contribution in [2.75, 3.05) is 5.88 Å². The smallest absolute Gasteiger partial charge is 0.303 e. The maximum Gasteiger partial charge on any atom is 0.303 e. The molecule has 0 saturated carbocycles. The van der Waals surface area contributed by atoms with E-state index in [-0.39, 0.29) is 5.38 Å². The van der Waals surface area contributed by atoms with Crippen LogP contribution in [0, 0.1) is 0 Å². The molecule has 0 aromatic heterocycles. The highest BCUT2D eigenvalue weighted by atomic mass is 35.5. The largest absolute Gasteiger partial charge is 0.481 e. The van der Waals surface area contributed by atoms with Crippen LogP contribution >= 0.6 is 23.2 Å². The highest BCUT2D eigenvalue weighted by molar-refractivity contribution is 6.28. The van der Waals surface area contributed by atoms with Gasteiger partial charge in [-0.15, -0.1) is 23.2 Å². The molecule has 0 aliphatic heterocycles. The van der Waals surface area contributed by atoms with Gasteiger partial charge in [0.1, 0.15) is 0 Å². The second-order valence-corrected chi connectivity index (χ2v) is 6.85. The van der Waals surface area contributed by atoms with Crippen LogP contribution in [0.4, 0.5) is 0 Å². The van der Waals surface area contributed by atoms with Crippen molar-refractivity contribution in [1.29, 1.82) is 0 Å². The van der Waals surface area contributed by atoms with E-state index < -0.39 is 5.97 Å². The number of aliphatic carboxylic acids is 1. The lowest BCUT2D eigenvalue weighted by Gasteiger charge is -2.05. The topological polar surface area (TPSA) is 37.3 Å². The molecule has 4 heteroatoms. The third-order valence-corrected chi connectivity index (χ3v) is 4.73. The van der Waals surface area contributed by atoms with Gasteiger partial charge in [-0.1, -0.05) is 70.6 Å². The van der Waals surface area contributed by atoms with E-state index in [0.29, 0.717) is 12.3 Å². The zero-order valence-corrected chi connectivity index (χ0v) is 14.8. The molecule has 1 N–H and O–H groups in total. The van der Waals surface area contributed by atoms with Crippen LogP contribution in [0.3, 0.4) is 0 Å². The second kappa shape index (κ2) is 16.4. The number of alkyl halides is 2. The van der Waals surface area contributed by atoms with Crippen LogP contribution in [-0.2, 0) is 4.79 Å². The Morgan fingerprint density at radius 3 is 1.52 bits per heavy atom. The number of carboxylic acids is 1. The first-order valence-electron chi connectivity index (χ1n) is 8.58. The van der Waals surface area contributed by atoms with Gasteiger partial charge in [0.2, 0.25) is 0 Å². The van der Waals surface area contributed by atoms with Gasteiger partial charge in [-0.3, -0.25) is 4.79 Å². The minimum Gasteiger partial charge on any atom is -0.481 e. The van der Waals surface area contributed by atoms with E-state index in [2.05, 4.69) is 0 Å². The summed E-state index contributed by atoms with van der Waals surface area (Å²) in [5, 5.41) is 8.67. The molecule has 0 fully saturated rings. The fourth-order valence-electron chi connectivity index (χ4n) is 2.49. The maximum absolute atomic E-state index is 10.3. The summed E-state index contributed by atoms with van der Waals surface area (Å²) < 4.78 is 0. The monoisotopic (exact) mass is 338 g/mol. The molecule has 0 heterocycles. The van der Waals surface area contributed by atoms with Gasteiger partial charge in [-0.2, -0.15) is 0 Å². The molecule has 126 valence electrons. The zero-order valence-electron chi connectivity index (χ0n) is 13.3. The lowest BCUT2D eigenvalue weighted by molar-refractivity contribution is -0.137. The number of unbranched alkanes of at least 4 members (excludes halogenated alkanes) is 11. The minimum atomic E-state index is -0.667. The highest BCUT2D eigenvalue weighted by Gasteiger charge is 2.01. The van der Waals surface area contributed by atoms with Crippen LogP contribution in [0.2, 0.25) is 0 Å². The summed E-state index contributed by atoms with van der Waals surface area (Å²) in [6.45, 7) is 0. The van der Waals surface area contributed by atoms with Gasteiger partial charge in [0.05, 0.1) is 0 Å². The van der Waals surface area contributed by atoms with E-state index in [1.54, 1.807) is 0 Å². The quantitative estimate of drug-likeness (QED) is 0.262. The van der Waals surface area contributed by atoms with E-state index in [9.17, 15) is 4.79 Å². The summed E-state index contributed by atoms with van der Waals surface area (Å²) in [4.78, 5) is 10.3. The zero-order chi connectivity index (χ0) is 15.8. The van der Waals surface area contributed by atoms with Crippen molar-refractivity contribution >= 4 is 29.2 Å². The highest BCUT2D eigenvalue weighted by Crippen LogP contribution is 2.14. The molecule has 0 spiro atoms. The van der Waals surface area contributed by atoms with E-state index in [4.69, 9.17) is 28.3 Å². The SMILES string of the molecule is O=C(O)CCCCCCCCCCCCCC[C@@H](Cl)CCl. The molecule has 2 nitrogen and oxygen atoms in total. The third-order valence-electron chi connectivity index (χ3n) is 3.83. The van der Waals surface area contributed by atoms with Gasteiger partial charge >= 0.3 is 5.97 Å². The molecular weight excluding hydrogens is 307 g/mol. The lowest BCUT2D eigenvalue weighted by atomic mass is 10.0. The molecule has 0 aromatic carbocycles. The molecule has 1 atom stereocenters. The van der Waals surface area contributed by atoms with Crippen molar-refractivity contribution in [3.8, 4) is 0 Å². The van der Waals surface area contributed by atoms with Crippen LogP contribution in [0.1, 0.15) is 89.9 Å². The molecule has 0 saturated heterocycles. The normalized spacial score (nSPS) is 12.5. The summed E-state index contributed by atoms with van der Waals surface area (Å²) in [6, 6.07) is 0. The standard InChI is InChI=1S/C17H32Cl2O2/c18-15-16(19)13-11-9-7-5-3-1-2-4-6-8-10-12-14-17(20)21/h16H,1-15H2,(H,20,21)/t16-/m1/s1. The first kappa shape index (κ1) is 21.0. The molecule has 0 unspecified atom stereocenters. The van der Waals surface area contributed by atoms with Crippen LogP contribution in [0.5, 0.6) is 0 Å². The first-order valence-corrected chi connectivity index (χ1v) is 9.55. The Bertz CT molecular complexity index is 235. The molecule has 0 radical (unpaired) electrons. The van der Waals surface area contributed by atoms with Crippen LogP contribution in [-0.4, -0.2) is 22.3 Å². The Hall–Kier alpha value is 0.0500. The molecule has 0 aromatic rings. The predicted molar refractivity (Wildman–Crippen MR) is 92.6 cm³/mol. The van der Waals surface area contributed by atoms with Crippen LogP contribution in [0.15, 0.2) is 0 Å². The lowest BCUT2D eigenvalue weighted by Crippen LogP contribution is -1.99. The van der Waals surface area contributed by atoms with Crippen molar-refractivity contribution in [3.05, 3.63) is 0 Å². The number of carboxylic acid groups (broad SMARTS) is 1. The Morgan fingerprint density at radius 2 is 1.14 bits per heavy atom. The van der Waals surface area contributed by atoms with E-state index >= 15 is 0 Å². The number of carbonyl (C=O) groups is 1. The van der Waals surface area contributed by atoms with Crippen molar-refractivity contribution in [3.63, 3.8) is 0 Å². The van der Waals surface area contributed by atoms with Gasteiger partial charge in [0, 0.05) is 17.7 Å². The fourth-order valence-corrected chi connectivity index (χ4v) is 2.80. The van der Waals surface area contributed by atoms with E-state index in [1.807, 2.05) is 0 Å². The van der Waals surface area contributed by atoms with Gasteiger partial charge < -0.3 is 5.11 Å². The summed E-state index contributed by atoms with van der Waals surface area (Å²) >= 11 is 11.6. The molecule has 0 rings (SSSR count). The average Bonchev–Trinajstić information content (AvgIpc) is 2.46. The van der Waals surface area contributed by atoms with Crippen LogP contribution in [0.25, 0.3) is 0 Å². The number of hydrogen-bond donors (Lipinski definition) is 1. The number of halogens is 2. The maximum atomic E-state index is 10.3. The second-order valence-electron chi connectivity index (χ2n) is 5.93. The Labute approximate surface area is 140 Å². The van der Waals surface area contributed by atoms with Crippen LogP contribution < -0.4 is 0 Å². The van der Waals surface area contributed by atoms with Gasteiger partial charge in [0.25, 0.3) is 0 Å². The van der Waals surface area contributed by atoms with Crippen molar-refractivity contribution in [2.24, 2.45) is 0 Å². The van der Waals surface area contributed by atoms with Crippen molar-refractivity contribution < 1.29 is 9.90 Å². The van der Waals surface area contributed by atoms with E-state index in [0.717, 1.165) is 19.3 Å². The summed E-state index contributed by atoms with van der Waals surface area (Å²) in [7, 11) is 0. The van der Waals surface area contributed by atoms with Crippen molar-refractivity contribution in [2.45, 2.75) is 95.3 Å². The first-order chi connectivity index (χ1) is 10.2. The average molecular weight is 339 g/mol. The van der Waals surface area contributed by atoms with E-state index in [1.165, 1.54) is 64.2 Å². The number of rotatable bonds is 16. The fraction of sp³-hybridized carbons (Fsp3) is 0.941. The minimum absolute atomic E-state index is 0.155. The summed E-state index contributed by atoms with van der Waals surface area (Å²) in [5.74, 6) is -0.100. The van der Waals surface area contributed by atoms with Crippen molar-refractivity contribution in [1.82, 2.24) is 0 Å². The molecule has 0 bridgehead atoms. The molecule has 21 heavy (non-hydrogen) atoms. The Kier molecular flexibility index (Phi) is 16.5. The summed E-state index contributed by atoms with van der Waals surface area (Å²) in [6.07, 6.45) is 16.2. The Morgan fingerprint density at radius 1 is 0.762 bits per heavy atom.